The SMILES string of the molecule is COC(=O)/C=C/CNC(=O)c1ccnc(OC(F)F)c1. The molecule has 20 heavy (non-hydrogen) atoms. The van der Waals surface area contributed by atoms with Gasteiger partial charge in [-0.2, -0.15) is 8.78 Å². The maximum absolute atomic E-state index is 12.0. The number of halogens is 2. The summed E-state index contributed by atoms with van der Waals surface area (Å²) < 4.78 is 32.4. The predicted molar refractivity (Wildman–Crippen MR) is 64.4 cm³/mol. The summed E-state index contributed by atoms with van der Waals surface area (Å²) in [6.45, 7) is -2.93. The van der Waals surface area contributed by atoms with E-state index in [9.17, 15) is 18.4 Å². The summed E-state index contributed by atoms with van der Waals surface area (Å²) in [7, 11) is 1.23. The number of carbonyl (C=O) groups is 2. The highest BCUT2D eigenvalue weighted by atomic mass is 19.3. The van der Waals surface area contributed by atoms with Crippen LogP contribution in [0.1, 0.15) is 10.4 Å². The molecule has 0 aliphatic heterocycles. The fraction of sp³-hybridized carbons (Fsp3) is 0.250. The molecule has 1 rings (SSSR count). The Morgan fingerprint density at radius 1 is 1.50 bits per heavy atom. The van der Waals surface area contributed by atoms with Crippen molar-refractivity contribution < 1.29 is 27.8 Å². The summed E-state index contributed by atoms with van der Waals surface area (Å²) >= 11 is 0. The Morgan fingerprint density at radius 2 is 2.25 bits per heavy atom. The molecule has 108 valence electrons. The third-order valence-electron chi connectivity index (χ3n) is 2.04. The summed E-state index contributed by atoms with van der Waals surface area (Å²) in [5, 5.41) is 2.45. The molecule has 0 saturated carbocycles. The van der Waals surface area contributed by atoms with Gasteiger partial charge in [-0.15, -0.1) is 0 Å². The zero-order valence-corrected chi connectivity index (χ0v) is 10.5. The Balaban J connectivity index is 2.55. The number of methoxy groups -OCH3 is 1. The van der Waals surface area contributed by atoms with Crippen molar-refractivity contribution in [3.63, 3.8) is 0 Å². The molecule has 1 amide bonds. The number of alkyl halides is 2. The molecule has 0 saturated heterocycles. The van der Waals surface area contributed by atoms with E-state index in [2.05, 4.69) is 19.8 Å². The van der Waals surface area contributed by atoms with E-state index in [1.54, 1.807) is 0 Å². The highest BCUT2D eigenvalue weighted by Crippen LogP contribution is 2.12. The van der Waals surface area contributed by atoms with E-state index in [4.69, 9.17) is 0 Å². The molecule has 1 aromatic rings. The second kappa shape index (κ2) is 7.82. The Bertz CT molecular complexity index is 506. The van der Waals surface area contributed by atoms with E-state index in [-0.39, 0.29) is 18.0 Å². The van der Waals surface area contributed by atoms with Crippen molar-refractivity contribution in [1.82, 2.24) is 10.3 Å². The molecule has 1 N–H and O–H groups in total. The molecule has 8 heteroatoms. The molecular formula is C12H12F2N2O4. The van der Waals surface area contributed by atoms with E-state index in [1.165, 1.54) is 25.4 Å². The van der Waals surface area contributed by atoms with Crippen LogP contribution in [0.2, 0.25) is 0 Å². The van der Waals surface area contributed by atoms with Crippen molar-refractivity contribution in [2.45, 2.75) is 6.61 Å². The first-order valence-electron chi connectivity index (χ1n) is 5.46. The first kappa shape index (κ1) is 15.5. The molecule has 0 spiro atoms. The molecule has 0 aliphatic rings. The minimum atomic E-state index is -3.01. The molecule has 1 aromatic heterocycles. The second-order valence-corrected chi connectivity index (χ2v) is 3.40. The Kier molecular flexibility index (Phi) is 6.08. The molecule has 0 radical (unpaired) electrons. The van der Waals surface area contributed by atoms with E-state index in [1.807, 2.05) is 0 Å². The van der Waals surface area contributed by atoms with Gasteiger partial charge < -0.3 is 14.8 Å². The van der Waals surface area contributed by atoms with Gasteiger partial charge in [0.15, 0.2) is 0 Å². The van der Waals surface area contributed by atoms with E-state index >= 15 is 0 Å². The number of nitrogens with zero attached hydrogens (tertiary/aromatic N) is 1. The highest BCUT2D eigenvalue weighted by Gasteiger charge is 2.09. The fourth-order valence-corrected chi connectivity index (χ4v) is 1.18. The lowest BCUT2D eigenvalue weighted by Gasteiger charge is -2.05. The van der Waals surface area contributed by atoms with Crippen LogP contribution >= 0.6 is 0 Å². The lowest BCUT2D eigenvalue weighted by Crippen LogP contribution is -2.23. The Morgan fingerprint density at radius 3 is 2.90 bits per heavy atom. The minimum Gasteiger partial charge on any atom is -0.466 e. The molecule has 0 aliphatic carbocycles. The maximum atomic E-state index is 12.0. The number of carbonyl (C=O) groups excluding carboxylic acids is 2. The van der Waals surface area contributed by atoms with Crippen LogP contribution in [-0.2, 0) is 9.53 Å². The molecule has 0 unspecified atom stereocenters. The lowest BCUT2D eigenvalue weighted by molar-refractivity contribution is -0.134. The van der Waals surface area contributed by atoms with Gasteiger partial charge >= 0.3 is 12.6 Å². The first-order valence-corrected chi connectivity index (χ1v) is 5.46. The minimum absolute atomic E-state index is 0.0846. The van der Waals surface area contributed by atoms with Crippen molar-refractivity contribution in [3.8, 4) is 5.88 Å². The van der Waals surface area contributed by atoms with Crippen LogP contribution in [-0.4, -0.2) is 37.1 Å². The molecule has 6 nitrogen and oxygen atoms in total. The number of amides is 1. The normalized spacial score (nSPS) is 10.6. The largest absolute Gasteiger partial charge is 0.466 e. The standard InChI is InChI=1S/C12H12F2N2O4/c1-19-10(17)3-2-5-16-11(18)8-4-6-15-9(7-8)20-12(13)14/h2-4,6-7,12H,5H2,1H3,(H,16,18)/b3-2+. The van der Waals surface area contributed by atoms with E-state index in [0.717, 1.165) is 12.1 Å². The summed E-state index contributed by atoms with van der Waals surface area (Å²) in [5.74, 6) is -1.41. The van der Waals surface area contributed by atoms with Gasteiger partial charge in [0.25, 0.3) is 5.91 Å². The van der Waals surface area contributed by atoms with Crippen molar-refractivity contribution in [2.75, 3.05) is 13.7 Å². The molecule has 0 bridgehead atoms. The van der Waals surface area contributed by atoms with Crippen LogP contribution in [0.4, 0.5) is 8.78 Å². The van der Waals surface area contributed by atoms with Gasteiger partial charge in [0.1, 0.15) is 0 Å². The van der Waals surface area contributed by atoms with Gasteiger partial charge in [-0.05, 0) is 6.07 Å². The molecule has 0 fully saturated rings. The topological polar surface area (TPSA) is 77.5 Å². The third-order valence-corrected chi connectivity index (χ3v) is 2.04. The Labute approximate surface area is 113 Å². The summed E-state index contributed by atoms with van der Waals surface area (Å²) in [6.07, 6.45) is 3.72. The number of rotatable bonds is 6. The first-order chi connectivity index (χ1) is 9.52. The average molecular weight is 286 g/mol. The van der Waals surface area contributed by atoms with Crippen LogP contribution in [0, 0.1) is 0 Å². The van der Waals surface area contributed by atoms with Crippen molar-refractivity contribution in [3.05, 3.63) is 36.0 Å². The van der Waals surface area contributed by atoms with Crippen LogP contribution in [0.25, 0.3) is 0 Å². The van der Waals surface area contributed by atoms with Crippen LogP contribution < -0.4 is 10.1 Å². The summed E-state index contributed by atoms with van der Waals surface area (Å²) in [4.78, 5) is 26.0. The number of pyridine rings is 1. The monoisotopic (exact) mass is 286 g/mol. The molecular weight excluding hydrogens is 274 g/mol. The number of aromatic nitrogens is 1. The van der Waals surface area contributed by atoms with Gasteiger partial charge in [0.2, 0.25) is 5.88 Å². The van der Waals surface area contributed by atoms with E-state index < -0.39 is 18.5 Å². The second-order valence-electron chi connectivity index (χ2n) is 3.40. The number of ether oxygens (including phenoxy) is 2. The highest BCUT2D eigenvalue weighted by molar-refractivity contribution is 5.94. The average Bonchev–Trinajstić information content (AvgIpc) is 2.42. The number of esters is 1. The van der Waals surface area contributed by atoms with Crippen molar-refractivity contribution in [2.24, 2.45) is 0 Å². The van der Waals surface area contributed by atoms with Gasteiger partial charge in [-0.25, -0.2) is 9.78 Å². The summed E-state index contributed by atoms with van der Waals surface area (Å²) in [5.41, 5.74) is 0.113. The third kappa shape index (κ3) is 5.42. The predicted octanol–water partition coefficient (Wildman–Crippen LogP) is 1.14. The number of hydrogen-bond donors (Lipinski definition) is 1. The zero-order valence-electron chi connectivity index (χ0n) is 10.5. The number of hydrogen-bond acceptors (Lipinski definition) is 5. The molecule has 0 atom stereocenters. The maximum Gasteiger partial charge on any atom is 0.388 e. The van der Waals surface area contributed by atoms with Gasteiger partial charge in [-0.1, -0.05) is 6.08 Å². The molecule has 1 heterocycles. The van der Waals surface area contributed by atoms with Gasteiger partial charge in [-0.3, -0.25) is 4.79 Å². The van der Waals surface area contributed by atoms with Crippen molar-refractivity contribution in [1.29, 1.82) is 0 Å². The summed E-state index contributed by atoms with van der Waals surface area (Å²) in [6, 6.07) is 2.43. The van der Waals surface area contributed by atoms with Crippen LogP contribution in [0.15, 0.2) is 30.5 Å². The van der Waals surface area contributed by atoms with Gasteiger partial charge in [0.05, 0.1) is 7.11 Å². The molecule has 0 aromatic carbocycles. The van der Waals surface area contributed by atoms with Gasteiger partial charge in [0, 0.05) is 30.4 Å². The fourth-order valence-electron chi connectivity index (χ4n) is 1.18. The number of nitrogens with one attached hydrogen (secondary N) is 1. The van der Waals surface area contributed by atoms with Crippen LogP contribution in [0.5, 0.6) is 5.88 Å². The quantitative estimate of drug-likeness (QED) is 0.627. The Hall–Kier alpha value is -2.51. The van der Waals surface area contributed by atoms with E-state index in [0.29, 0.717) is 0 Å². The smallest absolute Gasteiger partial charge is 0.388 e. The zero-order chi connectivity index (χ0) is 15.0. The van der Waals surface area contributed by atoms with Crippen LogP contribution in [0.3, 0.4) is 0 Å². The lowest BCUT2D eigenvalue weighted by atomic mass is 10.2. The van der Waals surface area contributed by atoms with Crippen molar-refractivity contribution >= 4 is 11.9 Å².